The fraction of sp³-hybridized carbons (Fsp3) is 0.211. The summed E-state index contributed by atoms with van der Waals surface area (Å²) in [6.07, 6.45) is 6.23. The number of nitrogens with one attached hydrogen (secondary N) is 2. The quantitative estimate of drug-likeness (QED) is 0.659. The Kier molecular flexibility index (Phi) is 5.77. The molecule has 0 spiro atoms. The van der Waals surface area contributed by atoms with E-state index in [4.69, 9.17) is 4.74 Å². The number of hydrogen-bond donors (Lipinski definition) is 2. The minimum atomic E-state index is 0.615. The Hall–Kier alpha value is -3.15. The van der Waals surface area contributed by atoms with Gasteiger partial charge in [-0.15, -0.1) is 0 Å². The Morgan fingerprint density at radius 2 is 1.84 bits per heavy atom. The molecule has 0 fully saturated rings. The van der Waals surface area contributed by atoms with Crippen molar-refractivity contribution in [2.75, 3.05) is 24.3 Å². The minimum Gasteiger partial charge on any atom is -0.497 e. The molecule has 0 atom stereocenters. The van der Waals surface area contributed by atoms with Crippen LogP contribution in [0.4, 0.5) is 11.8 Å². The largest absolute Gasteiger partial charge is 0.497 e. The van der Waals surface area contributed by atoms with E-state index in [0.29, 0.717) is 12.5 Å². The number of benzene rings is 1. The lowest BCUT2D eigenvalue weighted by Crippen LogP contribution is -2.09. The van der Waals surface area contributed by atoms with Gasteiger partial charge < -0.3 is 15.4 Å². The molecule has 0 saturated heterocycles. The molecule has 0 bridgehead atoms. The van der Waals surface area contributed by atoms with Crippen LogP contribution in [-0.4, -0.2) is 28.6 Å². The average molecular weight is 335 g/mol. The molecule has 3 rings (SSSR count). The molecule has 2 heterocycles. The van der Waals surface area contributed by atoms with Crippen LogP contribution in [0.1, 0.15) is 11.1 Å². The summed E-state index contributed by atoms with van der Waals surface area (Å²) in [5.74, 6) is 2.27. The Morgan fingerprint density at radius 3 is 2.60 bits per heavy atom. The summed E-state index contributed by atoms with van der Waals surface area (Å²) in [4.78, 5) is 12.8. The van der Waals surface area contributed by atoms with Gasteiger partial charge in [0, 0.05) is 31.7 Å². The molecule has 0 amide bonds. The number of rotatable bonds is 8. The highest BCUT2D eigenvalue weighted by Crippen LogP contribution is 2.12. The van der Waals surface area contributed by atoms with Crippen molar-refractivity contribution in [3.05, 3.63) is 72.2 Å². The third-order valence-corrected chi connectivity index (χ3v) is 3.71. The molecular formula is C19H21N5O. The highest BCUT2D eigenvalue weighted by molar-refractivity contribution is 5.40. The van der Waals surface area contributed by atoms with Gasteiger partial charge in [0.2, 0.25) is 5.95 Å². The number of nitrogens with zero attached hydrogens (tertiary/aromatic N) is 3. The lowest BCUT2D eigenvalue weighted by Gasteiger charge is -2.09. The first kappa shape index (κ1) is 16.7. The molecular weight excluding hydrogens is 314 g/mol. The second-order valence-corrected chi connectivity index (χ2v) is 5.51. The predicted molar refractivity (Wildman–Crippen MR) is 98.8 cm³/mol. The van der Waals surface area contributed by atoms with Gasteiger partial charge in [0.15, 0.2) is 0 Å². The standard InChI is InChI=1S/C19H21N5O/c1-25-17-6-4-15(5-7-17)8-11-21-19-22-12-9-18(24-19)23-14-16-3-2-10-20-13-16/h2-7,9-10,12-13H,8,11,14H2,1H3,(H2,21,22,23,24). The van der Waals surface area contributed by atoms with E-state index >= 15 is 0 Å². The van der Waals surface area contributed by atoms with Crippen LogP contribution in [0.25, 0.3) is 0 Å². The van der Waals surface area contributed by atoms with Gasteiger partial charge in [0.25, 0.3) is 0 Å². The van der Waals surface area contributed by atoms with Crippen molar-refractivity contribution in [1.29, 1.82) is 0 Å². The Balaban J connectivity index is 1.49. The van der Waals surface area contributed by atoms with E-state index in [0.717, 1.165) is 30.1 Å². The SMILES string of the molecule is COc1ccc(CCNc2nccc(NCc3cccnc3)n2)cc1. The molecule has 1 aromatic carbocycles. The molecule has 0 radical (unpaired) electrons. The fourth-order valence-electron chi connectivity index (χ4n) is 2.35. The highest BCUT2D eigenvalue weighted by Gasteiger charge is 2.00. The highest BCUT2D eigenvalue weighted by atomic mass is 16.5. The number of hydrogen-bond acceptors (Lipinski definition) is 6. The van der Waals surface area contributed by atoms with E-state index in [1.807, 2.05) is 36.5 Å². The molecule has 6 heteroatoms. The summed E-state index contributed by atoms with van der Waals surface area (Å²) in [6, 6.07) is 13.9. The van der Waals surface area contributed by atoms with Crippen molar-refractivity contribution >= 4 is 11.8 Å². The van der Waals surface area contributed by atoms with Crippen LogP contribution < -0.4 is 15.4 Å². The zero-order chi connectivity index (χ0) is 17.3. The van der Waals surface area contributed by atoms with Crippen molar-refractivity contribution in [3.8, 4) is 5.75 Å². The van der Waals surface area contributed by atoms with Crippen molar-refractivity contribution < 1.29 is 4.74 Å². The third kappa shape index (κ3) is 5.17. The van der Waals surface area contributed by atoms with Gasteiger partial charge in [0.1, 0.15) is 11.6 Å². The first-order valence-electron chi connectivity index (χ1n) is 8.16. The lowest BCUT2D eigenvalue weighted by molar-refractivity contribution is 0.414. The number of aromatic nitrogens is 3. The molecule has 2 N–H and O–H groups in total. The monoisotopic (exact) mass is 335 g/mol. The maximum absolute atomic E-state index is 5.16. The van der Waals surface area contributed by atoms with Crippen molar-refractivity contribution in [3.63, 3.8) is 0 Å². The predicted octanol–water partition coefficient (Wildman–Crippen LogP) is 3.15. The fourth-order valence-corrected chi connectivity index (χ4v) is 2.35. The van der Waals surface area contributed by atoms with E-state index in [1.165, 1.54) is 5.56 Å². The van der Waals surface area contributed by atoms with Gasteiger partial charge in [-0.05, 0) is 41.8 Å². The summed E-state index contributed by atoms with van der Waals surface area (Å²) in [5.41, 5.74) is 2.34. The van der Waals surface area contributed by atoms with Crippen molar-refractivity contribution in [2.24, 2.45) is 0 Å². The Morgan fingerprint density at radius 1 is 0.960 bits per heavy atom. The smallest absolute Gasteiger partial charge is 0.224 e. The summed E-state index contributed by atoms with van der Waals surface area (Å²) < 4.78 is 5.16. The van der Waals surface area contributed by atoms with Crippen LogP contribution in [0, 0.1) is 0 Å². The molecule has 0 saturated carbocycles. The first-order chi connectivity index (χ1) is 12.3. The number of methoxy groups -OCH3 is 1. The van der Waals surface area contributed by atoms with E-state index in [1.54, 1.807) is 19.5 Å². The van der Waals surface area contributed by atoms with Gasteiger partial charge in [-0.2, -0.15) is 4.98 Å². The zero-order valence-electron chi connectivity index (χ0n) is 14.1. The maximum Gasteiger partial charge on any atom is 0.224 e. The molecule has 3 aromatic rings. The molecule has 0 aliphatic heterocycles. The number of ether oxygens (including phenoxy) is 1. The van der Waals surface area contributed by atoms with Gasteiger partial charge in [-0.1, -0.05) is 18.2 Å². The topological polar surface area (TPSA) is 72.0 Å². The maximum atomic E-state index is 5.16. The summed E-state index contributed by atoms with van der Waals surface area (Å²) in [5, 5.41) is 6.53. The minimum absolute atomic E-state index is 0.615. The molecule has 128 valence electrons. The van der Waals surface area contributed by atoms with Crippen LogP contribution in [0.2, 0.25) is 0 Å². The number of anilines is 2. The zero-order valence-corrected chi connectivity index (χ0v) is 14.1. The van der Waals surface area contributed by atoms with Crippen LogP contribution in [0.15, 0.2) is 61.1 Å². The van der Waals surface area contributed by atoms with Crippen LogP contribution in [0.5, 0.6) is 5.75 Å². The normalized spacial score (nSPS) is 10.3. The van der Waals surface area contributed by atoms with E-state index in [9.17, 15) is 0 Å². The lowest BCUT2D eigenvalue weighted by atomic mass is 10.1. The number of pyridine rings is 1. The Bertz CT molecular complexity index is 777. The Labute approximate surface area is 147 Å². The summed E-state index contributed by atoms with van der Waals surface area (Å²) in [6.45, 7) is 1.44. The molecule has 0 unspecified atom stereocenters. The summed E-state index contributed by atoms with van der Waals surface area (Å²) >= 11 is 0. The van der Waals surface area contributed by atoms with Crippen LogP contribution in [-0.2, 0) is 13.0 Å². The van der Waals surface area contributed by atoms with Crippen molar-refractivity contribution in [1.82, 2.24) is 15.0 Å². The molecule has 2 aromatic heterocycles. The van der Waals surface area contributed by atoms with Gasteiger partial charge in [-0.3, -0.25) is 4.98 Å². The molecule has 25 heavy (non-hydrogen) atoms. The van der Waals surface area contributed by atoms with Gasteiger partial charge in [-0.25, -0.2) is 4.98 Å². The first-order valence-corrected chi connectivity index (χ1v) is 8.16. The third-order valence-electron chi connectivity index (χ3n) is 3.71. The van der Waals surface area contributed by atoms with Crippen LogP contribution in [0.3, 0.4) is 0 Å². The van der Waals surface area contributed by atoms with E-state index in [-0.39, 0.29) is 0 Å². The van der Waals surface area contributed by atoms with Crippen LogP contribution >= 0.6 is 0 Å². The van der Waals surface area contributed by atoms with E-state index < -0.39 is 0 Å². The second-order valence-electron chi connectivity index (χ2n) is 5.51. The van der Waals surface area contributed by atoms with Gasteiger partial charge in [0.05, 0.1) is 7.11 Å². The molecule has 0 aliphatic carbocycles. The van der Waals surface area contributed by atoms with E-state index in [2.05, 4.69) is 37.7 Å². The van der Waals surface area contributed by atoms with Crippen molar-refractivity contribution in [2.45, 2.75) is 13.0 Å². The second kappa shape index (κ2) is 8.63. The summed E-state index contributed by atoms with van der Waals surface area (Å²) in [7, 11) is 1.67. The molecule has 6 nitrogen and oxygen atoms in total. The average Bonchev–Trinajstić information content (AvgIpc) is 2.68. The van der Waals surface area contributed by atoms with Gasteiger partial charge >= 0.3 is 0 Å². The molecule has 0 aliphatic rings.